The summed E-state index contributed by atoms with van der Waals surface area (Å²) in [4.78, 5) is 20.9. The summed E-state index contributed by atoms with van der Waals surface area (Å²) in [6.45, 7) is 2.28. The molecule has 0 atom stereocenters. The van der Waals surface area contributed by atoms with Gasteiger partial charge in [-0.05, 0) is 25.1 Å². The molecule has 0 aliphatic carbocycles. The highest BCUT2D eigenvalue weighted by Gasteiger charge is 2.15. The molecule has 0 aliphatic heterocycles. The van der Waals surface area contributed by atoms with E-state index in [1.165, 1.54) is 11.3 Å². The van der Waals surface area contributed by atoms with Crippen LogP contribution in [-0.4, -0.2) is 22.5 Å². The first-order valence-electron chi connectivity index (χ1n) is 7.28. The van der Waals surface area contributed by atoms with E-state index in [4.69, 9.17) is 16.3 Å². The quantitative estimate of drug-likeness (QED) is 0.728. The second-order valence-electron chi connectivity index (χ2n) is 4.76. The fraction of sp³-hybridized carbons (Fsp3) is 0.118. The van der Waals surface area contributed by atoms with Crippen molar-refractivity contribution in [3.63, 3.8) is 0 Å². The van der Waals surface area contributed by atoms with Crippen LogP contribution in [0.15, 0.2) is 48.0 Å². The summed E-state index contributed by atoms with van der Waals surface area (Å²) < 4.78 is 5.38. The minimum absolute atomic E-state index is 0.306. The summed E-state index contributed by atoms with van der Waals surface area (Å²) in [5.41, 5.74) is 1.92. The van der Waals surface area contributed by atoms with Gasteiger partial charge in [-0.3, -0.25) is 10.1 Å². The van der Waals surface area contributed by atoms with Crippen LogP contribution in [-0.2, 0) is 0 Å². The van der Waals surface area contributed by atoms with Crippen LogP contribution in [0.4, 0.5) is 5.13 Å². The van der Waals surface area contributed by atoms with E-state index >= 15 is 0 Å². The maximum Gasteiger partial charge on any atom is 0.262 e. The normalized spacial score (nSPS) is 10.4. The fourth-order valence-electron chi connectivity index (χ4n) is 2.10. The number of thiazole rings is 1. The van der Waals surface area contributed by atoms with E-state index in [1.54, 1.807) is 24.4 Å². The van der Waals surface area contributed by atoms with Crippen LogP contribution in [0.5, 0.6) is 5.88 Å². The third-order valence-electron chi connectivity index (χ3n) is 3.17. The summed E-state index contributed by atoms with van der Waals surface area (Å²) in [6, 6.07) is 10.8. The first-order chi connectivity index (χ1) is 11.7. The third kappa shape index (κ3) is 3.55. The highest BCUT2D eigenvalue weighted by molar-refractivity contribution is 7.14. The van der Waals surface area contributed by atoms with E-state index in [0.717, 1.165) is 11.3 Å². The molecule has 0 saturated heterocycles. The van der Waals surface area contributed by atoms with Crippen LogP contribution in [0, 0.1) is 0 Å². The van der Waals surface area contributed by atoms with Crippen molar-refractivity contribution in [1.82, 2.24) is 9.97 Å². The Balaban J connectivity index is 1.80. The maximum atomic E-state index is 12.4. The lowest BCUT2D eigenvalue weighted by Crippen LogP contribution is -2.14. The molecule has 3 aromatic rings. The van der Waals surface area contributed by atoms with Gasteiger partial charge in [0.25, 0.3) is 5.91 Å². The van der Waals surface area contributed by atoms with Gasteiger partial charge in [0.05, 0.1) is 12.3 Å². The van der Waals surface area contributed by atoms with Gasteiger partial charge in [-0.15, -0.1) is 11.3 Å². The van der Waals surface area contributed by atoms with Crippen LogP contribution in [0.25, 0.3) is 11.3 Å². The number of nitrogens with one attached hydrogen (secondary N) is 1. The Kier molecular flexibility index (Phi) is 5.08. The minimum atomic E-state index is -0.313. The van der Waals surface area contributed by atoms with Gasteiger partial charge in [0.15, 0.2) is 5.13 Å². The molecule has 0 bridgehead atoms. The molecular formula is C17H14ClN3O2S. The molecular weight excluding hydrogens is 346 g/mol. The number of rotatable bonds is 5. The Labute approximate surface area is 148 Å². The average Bonchev–Trinajstić information content (AvgIpc) is 3.04. The minimum Gasteiger partial charge on any atom is -0.477 e. The number of carbonyl (C=O) groups is 1. The first kappa shape index (κ1) is 16.4. The molecule has 3 rings (SSSR count). The monoisotopic (exact) mass is 359 g/mol. The standard InChI is InChI=1S/C17H14ClN3O2S/c1-2-23-16-12(7-5-9-19-16)15(22)21-17-20-14(10-24-17)11-6-3-4-8-13(11)18/h3-10H,2H2,1H3,(H,20,21,22). The number of benzene rings is 1. The Morgan fingerprint density at radius 2 is 2.12 bits per heavy atom. The van der Waals surface area contributed by atoms with Gasteiger partial charge in [0, 0.05) is 22.2 Å². The van der Waals surface area contributed by atoms with E-state index in [0.29, 0.717) is 28.2 Å². The predicted octanol–water partition coefficient (Wildman–Crippen LogP) is 4.51. The van der Waals surface area contributed by atoms with Crippen molar-refractivity contribution in [2.24, 2.45) is 0 Å². The first-order valence-corrected chi connectivity index (χ1v) is 8.54. The Hall–Kier alpha value is -2.44. The van der Waals surface area contributed by atoms with Crippen LogP contribution >= 0.6 is 22.9 Å². The molecule has 0 radical (unpaired) electrons. The largest absolute Gasteiger partial charge is 0.477 e. The molecule has 1 amide bonds. The van der Waals surface area contributed by atoms with Gasteiger partial charge in [0.2, 0.25) is 5.88 Å². The summed E-state index contributed by atoms with van der Waals surface area (Å²) in [6.07, 6.45) is 1.58. The Morgan fingerprint density at radius 3 is 2.92 bits per heavy atom. The molecule has 24 heavy (non-hydrogen) atoms. The molecule has 7 heteroatoms. The van der Waals surface area contributed by atoms with Crippen molar-refractivity contribution in [2.45, 2.75) is 6.92 Å². The fourth-order valence-corrected chi connectivity index (χ4v) is 3.04. The predicted molar refractivity (Wildman–Crippen MR) is 95.9 cm³/mol. The van der Waals surface area contributed by atoms with E-state index in [2.05, 4.69) is 15.3 Å². The number of ether oxygens (including phenoxy) is 1. The maximum absolute atomic E-state index is 12.4. The van der Waals surface area contributed by atoms with Gasteiger partial charge in [-0.1, -0.05) is 29.8 Å². The molecule has 122 valence electrons. The number of hydrogen-bond donors (Lipinski definition) is 1. The van der Waals surface area contributed by atoms with Gasteiger partial charge < -0.3 is 4.74 Å². The lowest BCUT2D eigenvalue weighted by molar-refractivity contribution is 0.102. The Morgan fingerprint density at radius 1 is 1.29 bits per heavy atom. The molecule has 0 fully saturated rings. The van der Waals surface area contributed by atoms with Crippen molar-refractivity contribution >= 4 is 34.0 Å². The lowest BCUT2D eigenvalue weighted by atomic mass is 10.2. The topological polar surface area (TPSA) is 64.1 Å². The van der Waals surface area contributed by atoms with Crippen molar-refractivity contribution in [2.75, 3.05) is 11.9 Å². The number of carbonyl (C=O) groups excluding carboxylic acids is 1. The van der Waals surface area contributed by atoms with Gasteiger partial charge >= 0.3 is 0 Å². The number of pyridine rings is 1. The lowest BCUT2D eigenvalue weighted by Gasteiger charge is -2.07. The molecule has 1 N–H and O–H groups in total. The zero-order chi connectivity index (χ0) is 16.9. The summed E-state index contributed by atoms with van der Waals surface area (Å²) in [5, 5.41) is 5.73. The van der Waals surface area contributed by atoms with Crippen molar-refractivity contribution in [3.05, 3.63) is 58.6 Å². The van der Waals surface area contributed by atoms with E-state index in [1.807, 2.05) is 30.5 Å². The number of hydrogen-bond acceptors (Lipinski definition) is 5. The van der Waals surface area contributed by atoms with Gasteiger partial charge in [-0.25, -0.2) is 9.97 Å². The van der Waals surface area contributed by atoms with Gasteiger partial charge in [-0.2, -0.15) is 0 Å². The van der Waals surface area contributed by atoms with Crippen molar-refractivity contribution in [3.8, 4) is 17.1 Å². The number of nitrogens with zero attached hydrogens (tertiary/aromatic N) is 2. The molecule has 2 aromatic heterocycles. The smallest absolute Gasteiger partial charge is 0.262 e. The average molecular weight is 360 g/mol. The summed E-state index contributed by atoms with van der Waals surface area (Å²) in [5.74, 6) is -0.00741. The molecule has 0 unspecified atom stereocenters. The zero-order valence-electron chi connectivity index (χ0n) is 12.8. The van der Waals surface area contributed by atoms with Crippen molar-refractivity contribution in [1.29, 1.82) is 0 Å². The summed E-state index contributed by atoms with van der Waals surface area (Å²) in [7, 11) is 0. The second kappa shape index (κ2) is 7.42. The summed E-state index contributed by atoms with van der Waals surface area (Å²) >= 11 is 7.51. The highest BCUT2D eigenvalue weighted by Crippen LogP contribution is 2.30. The zero-order valence-corrected chi connectivity index (χ0v) is 14.4. The van der Waals surface area contributed by atoms with Crippen LogP contribution in [0.3, 0.4) is 0 Å². The van der Waals surface area contributed by atoms with Crippen LogP contribution in [0.1, 0.15) is 17.3 Å². The van der Waals surface area contributed by atoms with E-state index in [9.17, 15) is 4.79 Å². The van der Waals surface area contributed by atoms with E-state index in [-0.39, 0.29) is 5.91 Å². The van der Waals surface area contributed by atoms with Gasteiger partial charge in [0.1, 0.15) is 5.56 Å². The molecule has 2 heterocycles. The number of amides is 1. The number of anilines is 1. The number of halogens is 1. The molecule has 0 saturated carbocycles. The molecule has 5 nitrogen and oxygen atoms in total. The van der Waals surface area contributed by atoms with Crippen LogP contribution < -0.4 is 10.1 Å². The van der Waals surface area contributed by atoms with Crippen molar-refractivity contribution < 1.29 is 9.53 Å². The Bertz CT molecular complexity index is 866. The second-order valence-corrected chi connectivity index (χ2v) is 6.03. The molecule has 1 aromatic carbocycles. The number of aromatic nitrogens is 2. The third-order valence-corrected chi connectivity index (χ3v) is 4.26. The van der Waals surface area contributed by atoms with E-state index < -0.39 is 0 Å². The molecule has 0 spiro atoms. The SMILES string of the molecule is CCOc1ncccc1C(=O)Nc1nc(-c2ccccc2Cl)cs1. The molecule has 0 aliphatic rings. The highest BCUT2D eigenvalue weighted by atomic mass is 35.5. The van der Waals surface area contributed by atoms with Crippen LogP contribution in [0.2, 0.25) is 5.02 Å².